The monoisotopic (exact) mass is 384 g/mol. The van der Waals surface area contributed by atoms with E-state index in [1.54, 1.807) is 0 Å². The minimum atomic E-state index is 0.859. The maximum Gasteiger partial charge on any atom is 0.165 e. The average molecular weight is 385 g/mol. The van der Waals surface area contributed by atoms with Crippen molar-refractivity contribution in [3.05, 3.63) is 77.6 Å². The smallest absolute Gasteiger partial charge is 0.165 e. The lowest BCUT2D eigenvalue weighted by atomic mass is 10.0. The van der Waals surface area contributed by atoms with Crippen LogP contribution in [0.1, 0.15) is 43.6 Å². The van der Waals surface area contributed by atoms with Crippen molar-refractivity contribution in [1.29, 1.82) is 0 Å². The second-order valence-corrected chi connectivity index (χ2v) is 7.48. The highest BCUT2D eigenvalue weighted by Gasteiger charge is 2.17. The molecule has 0 saturated carbocycles. The molecule has 0 atom stereocenters. The van der Waals surface area contributed by atoms with Crippen LogP contribution in [-0.4, -0.2) is 14.6 Å². The van der Waals surface area contributed by atoms with Crippen molar-refractivity contribution >= 4 is 17.2 Å². The van der Waals surface area contributed by atoms with Crippen LogP contribution in [0.3, 0.4) is 0 Å². The number of aryl methyl sites for hydroxylation is 3. The normalized spacial score (nSPS) is 11.1. The Morgan fingerprint density at radius 3 is 2.41 bits per heavy atom. The second-order valence-electron chi connectivity index (χ2n) is 7.48. The molecule has 4 aromatic rings. The van der Waals surface area contributed by atoms with E-state index >= 15 is 0 Å². The summed E-state index contributed by atoms with van der Waals surface area (Å²) in [4.78, 5) is 4.83. The summed E-state index contributed by atoms with van der Waals surface area (Å²) in [5.74, 6) is 0.936. The summed E-state index contributed by atoms with van der Waals surface area (Å²) < 4.78 is 1.94. The molecule has 1 N–H and O–H groups in total. The van der Waals surface area contributed by atoms with Crippen LogP contribution in [0, 0.1) is 6.92 Å². The minimum Gasteiger partial charge on any atom is -0.340 e. The first-order chi connectivity index (χ1) is 14.2. The number of unbranched alkanes of at least 4 members (excludes halogenated alkanes) is 1. The molecule has 0 aliphatic carbocycles. The number of rotatable bonds is 7. The summed E-state index contributed by atoms with van der Waals surface area (Å²) in [5, 5.41) is 8.44. The van der Waals surface area contributed by atoms with Gasteiger partial charge in [0.05, 0.1) is 5.69 Å². The Labute approximate surface area is 172 Å². The van der Waals surface area contributed by atoms with Crippen LogP contribution in [0.4, 0.5) is 11.5 Å². The molecule has 148 valence electrons. The summed E-state index contributed by atoms with van der Waals surface area (Å²) in [6.07, 6.45) is 4.44. The molecular weight excluding hydrogens is 356 g/mol. The van der Waals surface area contributed by atoms with E-state index in [-0.39, 0.29) is 0 Å². The van der Waals surface area contributed by atoms with Gasteiger partial charge in [-0.05, 0) is 49.4 Å². The van der Waals surface area contributed by atoms with Crippen LogP contribution in [0.5, 0.6) is 0 Å². The molecule has 0 fully saturated rings. The summed E-state index contributed by atoms with van der Waals surface area (Å²) >= 11 is 0. The molecule has 0 amide bonds. The van der Waals surface area contributed by atoms with Crippen molar-refractivity contribution in [2.45, 2.75) is 46.5 Å². The van der Waals surface area contributed by atoms with Gasteiger partial charge in [-0.2, -0.15) is 9.61 Å². The molecule has 0 radical (unpaired) electrons. The van der Waals surface area contributed by atoms with Gasteiger partial charge in [0.1, 0.15) is 5.82 Å². The Kier molecular flexibility index (Phi) is 5.61. The van der Waals surface area contributed by atoms with Gasteiger partial charge in [0, 0.05) is 23.0 Å². The largest absolute Gasteiger partial charge is 0.340 e. The highest BCUT2D eigenvalue weighted by atomic mass is 15.3. The zero-order valence-corrected chi connectivity index (χ0v) is 17.4. The van der Waals surface area contributed by atoms with Crippen molar-refractivity contribution < 1.29 is 0 Å². The number of hydrogen-bond acceptors (Lipinski definition) is 3. The van der Waals surface area contributed by atoms with Crippen molar-refractivity contribution in [3.63, 3.8) is 0 Å². The minimum absolute atomic E-state index is 0.859. The number of benzene rings is 2. The van der Waals surface area contributed by atoms with Gasteiger partial charge in [0.25, 0.3) is 0 Å². The third kappa shape index (κ3) is 4.02. The Morgan fingerprint density at radius 1 is 0.966 bits per heavy atom. The van der Waals surface area contributed by atoms with E-state index in [4.69, 9.17) is 10.1 Å². The molecular formula is C25H28N4. The molecule has 4 heteroatoms. The standard InChI is InChI=1S/C25H28N4/c1-4-6-10-19-13-15-21(16-14-19)27-23-17-18(3)26-25-24(20-11-8-7-9-12-20)22(5-2)28-29(23)25/h7-9,11-17,27H,4-6,10H2,1-3H3. The molecule has 0 unspecified atom stereocenters. The molecule has 0 aliphatic heterocycles. The molecule has 29 heavy (non-hydrogen) atoms. The number of hydrogen-bond donors (Lipinski definition) is 1. The van der Waals surface area contributed by atoms with Crippen LogP contribution in [-0.2, 0) is 12.8 Å². The van der Waals surface area contributed by atoms with E-state index in [1.807, 2.05) is 17.5 Å². The van der Waals surface area contributed by atoms with E-state index in [0.29, 0.717) is 0 Å². The van der Waals surface area contributed by atoms with Gasteiger partial charge in [0.15, 0.2) is 5.65 Å². The lowest BCUT2D eigenvalue weighted by Gasteiger charge is -2.10. The third-order valence-electron chi connectivity index (χ3n) is 5.23. The van der Waals surface area contributed by atoms with Crippen molar-refractivity contribution in [3.8, 4) is 11.1 Å². The quantitative estimate of drug-likeness (QED) is 0.403. The maximum atomic E-state index is 4.89. The van der Waals surface area contributed by atoms with E-state index in [1.165, 1.54) is 18.4 Å². The number of aromatic nitrogens is 3. The third-order valence-corrected chi connectivity index (χ3v) is 5.23. The van der Waals surface area contributed by atoms with Crippen molar-refractivity contribution in [1.82, 2.24) is 14.6 Å². The Hall–Kier alpha value is -3.14. The van der Waals surface area contributed by atoms with Crippen molar-refractivity contribution in [2.75, 3.05) is 5.32 Å². The van der Waals surface area contributed by atoms with Crippen LogP contribution in [0.25, 0.3) is 16.8 Å². The SMILES string of the molecule is CCCCc1ccc(Nc2cc(C)nc3c(-c4ccccc4)c(CC)nn23)cc1. The fourth-order valence-corrected chi connectivity index (χ4v) is 3.70. The molecule has 4 nitrogen and oxygen atoms in total. The predicted molar refractivity (Wildman–Crippen MR) is 121 cm³/mol. The summed E-state index contributed by atoms with van der Waals surface area (Å²) in [5.41, 5.74) is 7.65. The van der Waals surface area contributed by atoms with Crippen LogP contribution in [0.15, 0.2) is 60.7 Å². The zero-order valence-electron chi connectivity index (χ0n) is 17.4. The first-order valence-electron chi connectivity index (χ1n) is 10.5. The Balaban J connectivity index is 1.75. The zero-order chi connectivity index (χ0) is 20.2. The molecule has 4 rings (SSSR count). The number of fused-ring (bicyclic) bond motifs is 1. The Morgan fingerprint density at radius 2 is 1.72 bits per heavy atom. The van der Waals surface area contributed by atoms with Gasteiger partial charge < -0.3 is 5.32 Å². The molecule has 0 aliphatic rings. The predicted octanol–water partition coefficient (Wildman–Crippen LogP) is 6.35. The van der Waals surface area contributed by atoms with Gasteiger partial charge in [0.2, 0.25) is 0 Å². The van der Waals surface area contributed by atoms with Gasteiger partial charge in [-0.3, -0.25) is 0 Å². The van der Waals surface area contributed by atoms with Gasteiger partial charge >= 0.3 is 0 Å². The fourth-order valence-electron chi connectivity index (χ4n) is 3.70. The van der Waals surface area contributed by atoms with Crippen LogP contribution in [0.2, 0.25) is 0 Å². The highest BCUT2D eigenvalue weighted by Crippen LogP contribution is 2.30. The molecule has 2 aromatic carbocycles. The number of nitrogens with one attached hydrogen (secondary N) is 1. The molecule has 0 spiro atoms. The maximum absolute atomic E-state index is 4.89. The van der Waals surface area contributed by atoms with E-state index in [2.05, 4.69) is 73.8 Å². The van der Waals surface area contributed by atoms with Gasteiger partial charge in [-0.1, -0.05) is 62.7 Å². The lowest BCUT2D eigenvalue weighted by Crippen LogP contribution is -2.03. The lowest BCUT2D eigenvalue weighted by molar-refractivity contribution is 0.795. The summed E-state index contributed by atoms with van der Waals surface area (Å²) in [6, 6.07) is 21.2. The van der Waals surface area contributed by atoms with Crippen LogP contribution < -0.4 is 5.32 Å². The van der Waals surface area contributed by atoms with Gasteiger partial charge in [-0.15, -0.1) is 0 Å². The molecule has 0 saturated heterocycles. The fraction of sp³-hybridized carbons (Fsp3) is 0.280. The van der Waals surface area contributed by atoms with Crippen LogP contribution >= 0.6 is 0 Å². The summed E-state index contributed by atoms with van der Waals surface area (Å²) in [7, 11) is 0. The molecule has 0 bridgehead atoms. The van der Waals surface area contributed by atoms with E-state index < -0.39 is 0 Å². The highest BCUT2D eigenvalue weighted by molar-refractivity contribution is 5.81. The first-order valence-corrected chi connectivity index (χ1v) is 10.5. The van der Waals surface area contributed by atoms with E-state index in [9.17, 15) is 0 Å². The topological polar surface area (TPSA) is 42.2 Å². The van der Waals surface area contributed by atoms with Gasteiger partial charge in [-0.25, -0.2) is 4.98 Å². The molecule has 2 aromatic heterocycles. The second kappa shape index (κ2) is 8.48. The average Bonchev–Trinajstić information content (AvgIpc) is 3.12. The summed E-state index contributed by atoms with van der Waals surface area (Å²) in [6.45, 7) is 6.40. The van der Waals surface area contributed by atoms with E-state index in [0.717, 1.165) is 52.5 Å². The number of nitrogens with zero attached hydrogens (tertiary/aromatic N) is 3. The number of anilines is 2. The first kappa shape index (κ1) is 19.2. The Bertz CT molecular complexity index is 1100. The van der Waals surface area contributed by atoms with Crippen molar-refractivity contribution in [2.24, 2.45) is 0 Å². The molecule has 2 heterocycles.